The van der Waals surface area contributed by atoms with Crippen LogP contribution >= 0.6 is 0 Å². The van der Waals surface area contributed by atoms with Gasteiger partial charge in [0.1, 0.15) is 5.60 Å². The van der Waals surface area contributed by atoms with Crippen molar-refractivity contribution < 1.29 is 24.0 Å². The van der Waals surface area contributed by atoms with Gasteiger partial charge in [0.15, 0.2) is 5.75 Å². The maximum Gasteiger partial charge on any atom is 0.410 e. The van der Waals surface area contributed by atoms with Gasteiger partial charge in [-0.3, -0.25) is 14.9 Å². The van der Waals surface area contributed by atoms with Crippen molar-refractivity contribution in [1.82, 2.24) is 9.80 Å². The highest BCUT2D eigenvalue weighted by Gasteiger charge is 2.28. The summed E-state index contributed by atoms with van der Waals surface area (Å²) in [5, 5.41) is 10.9. The van der Waals surface area contributed by atoms with Gasteiger partial charge in [0.25, 0.3) is 5.91 Å². The minimum Gasteiger partial charge on any atom is -0.490 e. The number of carbonyl (C=O) groups excluding carboxylic acids is 2. The van der Waals surface area contributed by atoms with Crippen LogP contribution in [0.3, 0.4) is 0 Å². The van der Waals surface area contributed by atoms with E-state index < -0.39 is 16.6 Å². The summed E-state index contributed by atoms with van der Waals surface area (Å²) in [5.41, 5.74) is -0.462. The Morgan fingerprint density at radius 3 is 2.19 bits per heavy atom. The lowest BCUT2D eigenvalue weighted by Crippen LogP contribution is -2.51. The molecule has 0 aromatic heterocycles. The molecule has 0 unspecified atom stereocenters. The van der Waals surface area contributed by atoms with Crippen molar-refractivity contribution in [2.45, 2.75) is 26.4 Å². The molecule has 0 bridgehead atoms. The molecule has 1 heterocycles. The number of ether oxygens (including phenoxy) is 2. The van der Waals surface area contributed by atoms with Gasteiger partial charge in [0, 0.05) is 43.9 Å². The van der Waals surface area contributed by atoms with E-state index in [1.807, 2.05) is 0 Å². The molecule has 2 rings (SSSR count). The molecule has 0 radical (unpaired) electrons. The molecule has 1 aromatic rings. The molecule has 9 nitrogen and oxygen atoms in total. The Balaban J connectivity index is 2.02. The normalized spacial score (nSPS) is 14.8. The summed E-state index contributed by atoms with van der Waals surface area (Å²) in [7, 11) is 1.32. The number of amides is 2. The zero-order valence-electron chi connectivity index (χ0n) is 15.4. The highest BCUT2D eigenvalue weighted by Crippen LogP contribution is 2.28. The molecule has 0 N–H and O–H groups in total. The first-order chi connectivity index (χ1) is 12.1. The number of rotatable bonds is 3. The number of nitro benzene ring substituents is 1. The van der Waals surface area contributed by atoms with Crippen molar-refractivity contribution in [3.63, 3.8) is 0 Å². The summed E-state index contributed by atoms with van der Waals surface area (Å²) < 4.78 is 10.3. The van der Waals surface area contributed by atoms with Crippen LogP contribution < -0.4 is 4.74 Å². The van der Waals surface area contributed by atoms with Gasteiger partial charge >= 0.3 is 11.8 Å². The summed E-state index contributed by atoms with van der Waals surface area (Å²) >= 11 is 0. The van der Waals surface area contributed by atoms with E-state index in [0.717, 1.165) is 0 Å². The summed E-state index contributed by atoms with van der Waals surface area (Å²) in [6.07, 6.45) is -0.401. The summed E-state index contributed by atoms with van der Waals surface area (Å²) in [4.78, 5) is 38.2. The number of hydrogen-bond donors (Lipinski definition) is 0. The number of nitro groups is 1. The monoisotopic (exact) mass is 365 g/mol. The van der Waals surface area contributed by atoms with Gasteiger partial charge in [-0.05, 0) is 26.8 Å². The Labute approximate surface area is 151 Å². The van der Waals surface area contributed by atoms with E-state index in [1.165, 1.54) is 25.3 Å². The average Bonchev–Trinajstić information content (AvgIpc) is 2.59. The van der Waals surface area contributed by atoms with E-state index in [-0.39, 0.29) is 17.3 Å². The predicted octanol–water partition coefficient (Wildman–Crippen LogP) is 2.30. The lowest BCUT2D eigenvalue weighted by Gasteiger charge is -2.35. The van der Waals surface area contributed by atoms with Crippen LogP contribution in [-0.2, 0) is 4.74 Å². The lowest BCUT2D eigenvalue weighted by molar-refractivity contribution is -0.385. The number of piperazine rings is 1. The minimum absolute atomic E-state index is 0.0354. The molecule has 26 heavy (non-hydrogen) atoms. The second kappa shape index (κ2) is 7.59. The molecule has 0 saturated carbocycles. The van der Waals surface area contributed by atoms with Crippen molar-refractivity contribution in [2.24, 2.45) is 0 Å². The Morgan fingerprint density at radius 1 is 1.12 bits per heavy atom. The topological polar surface area (TPSA) is 102 Å². The van der Waals surface area contributed by atoms with Gasteiger partial charge in [-0.2, -0.15) is 0 Å². The largest absolute Gasteiger partial charge is 0.490 e. The molecule has 2 amide bonds. The fourth-order valence-corrected chi connectivity index (χ4v) is 2.56. The Kier molecular flexibility index (Phi) is 5.69. The molecule has 0 atom stereocenters. The highest BCUT2D eigenvalue weighted by atomic mass is 16.6. The van der Waals surface area contributed by atoms with Crippen LogP contribution in [0.4, 0.5) is 10.5 Å². The summed E-state index contributed by atoms with van der Waals surface area (Å²) in [5.74, 6) is -0.227. The molecular formula is C17H23N3O6. The van der Waals surface area contributed by atoms with Crippen molar-refractivity contribution in [1.29, 1.82) is 0 Å². The Bertz CT molecular complexity index is 705. The van der Waals surface area contributed by atoms with Gasteiger partial charge in [0.2, 0.25) is 0 Å². The fraction of sp³-hybridized carbons (Fsp3) is 0.529. The first-order valence-corrected chi connectivity index (χ1v) is 8.22. The smallest absolute Gasteiger partial charge is 0.410 e. The second-order valence-corrected chi connectivity index (χ2v) is 6.90. The van der Waals surface area contributed by atoms with Gasteiger partial charge in [0.05, 0.1) is 12.0 Å². The lowest BCUT2D eigenvalue weighted by atomic mass is 10.1. The number of nitrogens with zero attached hydrogens (tertiary/aromatic N) is 3. The first kappa shape index (κ1) is 19.5. The third-order valence-electron chi connectivity index (χ3n) is 3.84. The van der Waals surface area contributed by atoms with E-state index in [0.29, 0.717) is 31.7 Å². The molecule has 9 heteroatoms. The van der Waals surface area contributed by atoms with Crippen LogP contribution in [0.2, 0.25) is 0 Å². The summed E-state index contributed by atoms with van der Waals surface area (Å²) in [6, 6.07) is 4.02. The minimum atomic E-state index is -0.570. The highest BCUT2D eigenvalue weighted by molar-refractivity contribution is 5.95. The molecule has 1 aliphatic heterocycles. The van der Waals surface area contributed by atoms with Crippen LogP contribution in [-0.4, -0.2) is 65.6 Å². The molecular weight excluding hydrogens is 342 g/mol. The zero-order valence-corrected chi connectivity index (χ0v) is 15.4. The Hall–Kier alpha value is -2.84. The number of hydrogen-bond acceptors (Lipinski definition) is 6. The van der Waals surface area contributed by atoms with E-state index >= 15 is 0 Å². The van der Waals surface area contributed by atoms with Gasteiger partial charge in [-0.15, -0.1) is 0 Å². The Morgan fingerprint density at radius 2 is 1.69 bits per heavy atom. The van der Waals surface area contributed by atoms with Crippen LogP contribution in [0.5, 0.6) is 5.75 Å². The molecule has 1 saturated heterocycles. The van der Waals surface area contributed by atoms with Crippen LogP contribution in [0.25, 0.3) is 0 Å². The molecule has 0 spiro atoms. The van der Waals surface area contributed by atoms with E-state index in [9.17, 15) is 19.7 Å². The van der Waals surface area contributed by atoms with Crippen molar-refractivity contribution >= 4 is 17.7 Å². The molecule has 0 aliphatic carbocycles. The van der Waals surface area contributed by atoms with Gasteiger partial charge in [-0.1, -0.05) is 0 Å². The standard InChI is InChI=1S/C17H23N3O6/c1-17(2,3)26-16(22)19-9-7-18(8-10-19)15(21)12-5-6-13(20(23)24)14(11-12)25-4/h5-6,11H,7-10H2,1-4H3. The van der Waals surface area contributed by atoms with Crippen LogP contribution in [0.15, 0.2) is 18.2 Å². The SMILES string of the molecule is COc1cc(C(=O)N2CCN(C(=O)OC(C)(C)C)CC2)ccc1[N+](=O)[O-]. The first-order valence-electron chi connectivity index (χ1n) is 8.22. The van der Waals surface area contributed by atoms with Crippen LogP contribution in [0, 0.1) is 10.1 Å². The number of benzene rings is 1. The molecule has 142 valence electrons. The van der Waals surface area contributed by atoms with E-state index in [4.69, 9.17) is 9.47 Å². The fourth-order valence-electron chi connectivity index (χ4n) is 2.56. The van der Waals surface area contributed by atoms with Crippen molar-refractivity contribution in [3.05, 3.63) is 33.9 Å². The van der Waals surface area contributed by atoms with Crippen molar-refractivity contribution in [2.75, 3.05) is 33.3 Å². The zero-order chi connectivity index (χ0) is 19.5. The third-order valence-corrected chi connectivity index (χ3v) is 3.84. The van der Waals surface area contributed by atoms with Gasteiger partial charge in [-0.25, -0.2) is 4.79 Å². The predicted molar refractivity (Wildman–Crippen MR) is 93.4 cm³/mol. The average molecular weight is 365 g/mol. The molecule has 1 aromatic carbocycles. The van der Waals surface area contributed by atoms with Gasteiger partial charge < -0.3 is 19.3 Å². The van der Waals surface area contributed by atoms with E-state index in [1.54, 1.807) is 30.6 Å². The quantitative estimate of drug-likeness (QED) is 0.601. The second-order valence-electron chi connectivity index (χ2n) is 6.90. The third kappa shape index (κ3) is 4.62. The molecule has 1 aliphatic rings. The number of methoxy groups -OCH3 is 1. The van der Waals surface area contributed by atoms with Crippen molar-refractivity contribution in [3.8, 4) is 5.75 Å². The van der Waals surface area contributed by atoms with Crippen LogP contribution in [0.1, 0.15) is 31.1 Å². The van der Waals surface area contributed by atoms with E-state index in [2.05, 4.69) is 0 Å². The number of carbonyl (C=O) groups is 2. The summed E-state index contributed by atoms with van der Waals surface area (Å²) in [6.45, 7) is 6.84. The maximum absolute atomic E-state index is 12.6. The molecule has 1 fully saturated rings. The maximum atomic E-state index is 12.6.